The van der Waals surface area contributed by atoms with E-state index in [0.29, 0.717) is 25.3 Å². The number of rotatable bonds is 6. The van der Waals surface area contributed by atoms with E-state index in [4.69, 9.17) is 16.0 Å². The van der Waals surface area contributed by atoms with E-state index in [1.165, 1.54) is 19.3 Å². The van der Waals surface area contributed by atoms with Crippen molar-refractivity contribution in [3.05, 3.63) is 24.2 Å². The molecule has 1 fully saturated rings. The maximum atomic E-state index is 11.8. The highest BCUT2D eigenvalue weighted by molar-refractivity contribution is 6.18. The van der Waals surface area contributed by atoms with Crippen LogP contribution in [0.4, 0.5) is 0 Å². The molecule has 106 valence electrons. The standard InChI is InChI=1S/C15H22ClNO2/c16-11-15(8-2-1-3-9-15)12-17-14(18)7-6-13-5-4-10-19-13/h4-5,10H,1-3,6-9,11-12H2,(H,17,18). The van der Waals surface area contributed by atoms with Crippen molar-refractivity contribution in [1.29, 1.82) is 0 Å². The van der Waals surface area contributed by atoms with Crippen LogP contribution in [-0.4, -0.2) is 18.3 Å². The second-order valence-electron chi connectivity index (χ2n) is 5.55. The Bertz CT molecular complexity index is 383. The van der Waals surface area contributed by atoms with Gasteiger partial charge in [-0.25, -0.2) is 0 Å². The van der Waals surface area contributed by atoms with Crippen molar-refractivity contribution >= 4 is 17.5 Å². The predicted octanol–water partition coefficient (Wildman–Crippen LogP) is 3.52. The largest absolute Gasteiger partial charge is 0.469 e. The van der Waals surface area contributed by atoms with Crippen LogP contribution in [0.3, 0.4) is 0 Å². The molecule has 1 aromatic rings. The summed E-state index contributed by atoms with van der Waals surface area (Å²) >= 11 is 6.11. The topological polar surface area (TPSA) is 42.2 Å². The van der Waals surface area contributed by atoms with Gasteiger partial charge in [0, 0.05) is 30.7 Å². The van der Waals surface area contributed by atoms with Crippen LogP contribution < -0.4 is 5.32 Å². The summed E-state index contributed by atoms with van der Waals surface area (Å²) < 4.78 is 5.22. The van der Waals surface area contributed by atoms with Gasteiger partial charge in [-0.1, -0.05) is 19.3 Å². The van der Waals surface area contributed by atoms with Crippen LogP contribution in [0.25, 0.3) is 0 Å². The Kier molecular flexibility index (Phi) is 5.32. The van der Waals surface area contributed by atoms with Crippen LogP contribution in [0.15, 0.2) is 22.8 Å². The fourth-order valence-electron chi connectivity index (χ4n) is 2.73. The first-order chi connectivity index (χ1) is 9.24. The second kappa shape index (κ2) is 6.99. The van der Waals surface area contributed by atoms with Gasteiger partial charge in [-0.15, -0.1) is 11.6 Å². The summed E-state index contributed by atoms with van der Waals surface area (Å²) in [6.45, 7) is 0.716. The van der Waals surface area contributed by atoms with Crippen molar-refractivity contribution in [3.8, 4) is 0 Å². The molecule has 1 heterocycles. The molecule has 0 spiro atoms. The maximum Gasteiger partial charge on any atom is 0.220 e. The van der Waals surface area contributed by atoms with Gasteiger partial charge >= 0.3 is 0 Å². The lowest BCUT2D eigenvalue weighted by Gasteiger charge is -2.35. The van der Waals surface area contributed by atoms with Crippen molar-refractivity contribution in [3.63, 3.8) is 0 Å². The Labute approximate surface area is 119 Å². The van der Waals surface area contributed by atoms with Crippen LogP contribution in [0.1, 0.15) is 44.3 Å². The van der Waals surface area contributed by atoms with Crippen LogP contribution in [0.5, 0.6) is 0 Å². The van der Waals surface area contributed by atoms with Crippen LogP contribution in [-0.2, 0) is 11.2 Å². The van der Waals surface area contributed by atoms with Gasteiger partial charge in [0.2, 0.25) is 5.91 Å². The predicted molar refractivity (Wildman–Crippen MR) is 76.3 cm³/mol. The zero-order chi connectivity index (χ0) is 13.6. The zero-order valence-electron chi connectivity index (χ0n) is 11.3. The number of carbonyl (C=O) groups excluding carboxylic acids is 1. The van der Waals surface area contributed by atoms with E-state index in [-0.39, 0.29) is 11.3 Å². The first kappa shape index (κ1) is 14.4. The molecule has 0 aromatic carbocycles. The van der Waals surface area contributed by atoms with Crippen molar-refractivity contribution in [2.24, 2.45) is 5.41 Å². The van der Waals surface area contributed by atoms with Crippen LogP contribution >= 0.6 is 11.6 Å². The number of furan rings is 1. The summed E-state index contributed by atoms with van der Waals surface area (Å²) in [6, 6.07) is 3.74. The molecule has 1 N–H and O–H groups in total. The van der Waals surface area contributed by atoms with Gasteiger partial charge in [0.25, 0.3) is 0 Å². The lowest BCUT2D eigenvalue weighted by atomic mass is 9.75. The molecular weight excluding hydrogens is 262 g/mol. The molecule has 4 heteroatoms. The maximum absolute atomic E-state index is 11.8. The SMILES string of the molecule is O=C(CCc1ccco1)NCC1(CCl)CCCCC1. The Balaban J connectivity index is 1.72. The number of halogens is 1. The fourth-order valence-corrected chi connectivity index (χ4v) is 3.09. The van der Waals surface area contributed by atoms with Gasteiger partial charge in [-0.2, -0.15) is 0 Å². The molecule has 1 aromatic heterocycles. The zero-order valence-corrected chi connectivity index (χ0v) is 12.0. The van der Waals surface area contributed by atoms with E-state index in [1.54, 1.807) is 6.26 Å². The molecule has 0 aliphatic heterocycles. The molecule has 0 unspecified atom stereocenters. The molecule has 2 rings (SSSR count). The average molecular weight is 284 g/mol. The van der Waals surface area contributed by atoms with E-state index in [9.17, 15) is 4.79 Å². The smallest absolute Gasteiger partial charge is 0.220 e. The first-order valence-electron chi connectivity index (χ1n) is 7.09. The van der Waals surface area contributed by atoms with E-state index >= 15 is 0 Å². The lowest BCUT2D eigenvalue weighted by molar-refractivity contribution is -0.121. The number of hydrogen-bond donors (Lipinski definition) is 1. The van der Waals surface area contributed by atoms with Gasteiger partial charge < -0.3 is 9.73 Å². The highest BCUT2D eigenvalue weighted by Crippen LogP contribution is 2.36. The molecule has 0 bridgehead atoms. The Morgan fingerprint density at radius 2 is 2.16 bits per heavy atom. The van der Waals surface area contributed by atoms with Gasteiger partial charge in [-0.05, 0) is 25.0 Å². The summed E-state index contributed by atoms with van der Waals surface area (Å²) in [4.78, 5) is 11.8. The summed E-state index contributed by atoms with van der Waals surface area (Å²) in [7, 11) is 0. The summed E-state index contributed by atoms with van der Waals surface area (Å²) in [6.07, 6.45) is 8.80. The molecule has 0 atom stereocenters. The summed E-state index contributed by atoms with van der Waals surface area (Å²) in [5.41, 5.74) is 0.125. The molecule has 1 aliphatic carbocycles. The van der Waals surface area contributed by atoms with E-state index in [2.05, 4.69) is 5.32 Å². The highest BCUT2D eigenvalue weighted by atomic mass is 35.5. The van der Waals surface area contributed by atoms with Crippen LogP contribution in [0, 0.1) is 5.41 Å². The molecule has 1 aliphatic rings. The minimum Gasteiger partial charge on any atom is -0.469 e. The molecule has 1 saturated carbocycles. The third-order valence-corrected chi connectivity index (χ3v) is 4.60. The Morgan fingerprint density at radius 3 is 2.79 bits per heavy atom. The fraction of sp³-hybridized carbons (Fsp3) is 0.667. The number of hydrogen-bond acceptors (Lipinski definition) is 2. The summed E-state index contributed by atoms with van der Waals surface area (Å²) in [5.74, 6) is 1.59. The highest BCUT2D eigenvalue weighted by Gasteiger charge is 2.31. The number of amides is 1. The Morgan fingerprint density at radius 1 is 1.37 bits per heavy atom. The molecule has 0 saturated heterocycles. The van der Waals surface area contributed by atoms with Gasteiger partial charge in [-0.3, -0.25) is 4.79 Å². The van der Waals surface area contributed by atoms with Gasteiger partial charge in [0.15, 0.2) is 0 Å². The van der Waals surface area contributed by atoms with Crippen molar-refractivity contribution < 1.29 is 9.21 Å². The Hall–Kier alpha value is -0.960. The number of alkyl halides is 1. The minimum atomic E-state index is 0.0893. The molecule has 19 heavy (non-hydrogen) atoms. The van der Waals surface area contributed by atoms with E-state index in [1.807, 2.05) is 12.1 Å². The number of aryl methyl sites for hydroxylation is 1. The first-order valence-corrected chi connectivity index (χ1v) is 7.63. The van der Waals surface area contributed by atoms with E-state index < -0.39 is 0 Å². The van der Waals surface area contributed by atoms with Crippen molar-refractivity contribution in [2.45, 2.75) is 44.9 Å². The number of nitrogens with one attached hydrogen (secondary N) is 1. The molecule has 1 amide bonds. The molecule has 3 nitrogen and oxygen atoms in total. The summed E-state index contributed by atoms with van der Waals surface area (Å²) in [5, 5.41) is 3.04. The number of carbonyl (C=O) groups is 1. The lowest BCUT2D eigenvalue weighted by Crippen LogP contribution is -2.40. The minimum absolute atomic E-state index is 0.0893. The quantitative estimate of drug-likeness (QED) is 0.812. The van der Waals surface area contributed by atoms with E-state index in [0.717, 1.165) is 18.6 Å². The normalized spacial score (nSPS) is 18.2. The average Bonchev–Trinajstić information content (AvgIpc) is 2.97. The third kappa shape index (κ3) is 4.27. The van der Waals surface area contributed by atoms with Crippen LogP contribution in [0.2, 0.25) is 0 Å². The molecule has 0 radical (unpaired) electrons. The van der Waals surface area contributed by atoms with Crippen molar-refractivity contribution in [2.75, 3.05) is 12.4 Å². The monoisotopic (exact) mass is 283 g/mol. The van der Waals surface area contributed by atoms with Gasteiger partial charge in [0.1, 0.15) is 5.76 Å². The van der Waals surface area contributed by atoms with Crippen molar-refractivity contribution in [1.82, 2.24) is 5.32 Å². The second-order valence-corrected chi connectivity index (χ2v) is 5.82. The third-order valence-electron chi connectivity index (χ3n) is 4.04. The van der Waals surface area contributed by atoms with Gasteiger partial charge in [0.05, 0.1) is 6.26 Å². The molecular formula is C15H22ClNO2.